The monoisotopic (exact) mass is 320 g/mol. The average molecular weight is 321 g/mol. The zero-order valence-corrected chi connectivity index (χ0v) is 12.9. The lowest BCUT2D eigenvalue weighted by Crippen LogP contribution is -2.41. The minimum absolute atomic E-state index is 0.161. The standard InChI is InChI=1S/C15H20ClF3N2/c1-10(2)13-9-21(7-3-6-20-13)14-5-4-11(8-12(14)16)15(17,18)19/h4-5,8,10,13,20H,3,6-7,9H2,1-2H3. The van der Waals surface area contributed by atoms with E-state index in [1.54, 1.807) is 0 Å². The van der Waals surface area contributed by atoms with Crippen LogP contribution in [-0.2, 0) is 6.18 Å². The lowest BCUT2D eigenvalue weighted by atomic mass is 10.0. The highest BCUT2D eigenvalue weighted by atomic mass is 35.5. The van der Waals surface area contributed by atoms with E-state index < -0.39 is 11.7 Å². The van der Waals surface area contributed by atoms with Gasteiger partial charge in [-0.05, 0) is 37.1 Å². The number of rotatable bonds is 2. The van der Waals surface area contributed by atoms with Gasteiger partial charge in [0, 0.05) is 19.1 Å². The van der Waals surface area contributed by atoms with Crippen LogP contribution in [0.5, 0.6) is 0 Å². The predicted octanol–water partition coefficient (Wildman–Crippen LogP) is 4.18. The van der Waals surface area contributed by atoms with Crippen LogP contribution in [0.25, 0.3) is 0 Å². The Kier molecular flexibility index (Phi) is 5.04. The highest BCUT2D eigenvalue weighted by Crippen LogP contribution is 2.35. The second-order valence-corrected chi connectivity index (χ2v) is 6.18. The predicted molar refractivity (Wildman–Crippen MR) is 79.9 cm³/mol. The van der Waals surface area contributed by atoms with Gasteiger partial charge in [-0.2, -0.15) is 13.2 Å². The van der Waals surface area contributed by atoms with E-state index in [1.807, 2.05) is 0 Å². The third-order valence-corrected chi connectivity index (χ3v) is 4.15. The van der Waals surface area contributed by atoms with Crippen molar-refractivity contribution >= 4 is 17.3 Å². The maximum Gasteiger partial charge on any atom is 0.416 e. The number of anilines is 1. The molecule has 1 aromatic rings. The molecule has 2 rings (SSSR count). The van der Waals surface area contributed by atoms with Gasteiger partial charge in [-0.1, -0.05) is 25.4 Å². The molecule has 0 aliphatic carbocycles. The van der Waals surface area contributed by atoms with Crippen LogP contribution in [0, 0.1) is 5.92 Å². The highest BCUT2D eigenvalue weighted by Gasteiger charge is 2.31. The van der Waals surface area contributed by atoms with E-state index in [1.165, 1.54) is 6.07 Å². The Bertz CT molecular complexity index is 488. The third-order valence-electron chi connectivity index (χ3n) is 3.85. The fraction of sp³-hybridized carbons (Fsp3) is 0.600. The normalized spacial score (nSPS) is 20.7. The maximum atomic E-state index is 12.7. The summed E-state index contributed by atoms with van der Waals surface area (Å²) in [6, 6.07) is 3.91. The maximum absolute atomic E-state index is 12.7. The molecule has 1 atom stereocenters. The van der Waals surface area contributed by atoms with Crippen LogP contribution < -0.4 is 10.2 Å². The molecule has 0 bridgehead atoms. The van der Waals surface area contributed by atoms with E-state index in [4.69, 9.17) is 11.6 Å². The molecule has 1 aliphatic heterocycles. The quantitative estimate of drug-likeness (QED) is 0.879. The second kappa shape index (κ2) is 6.44. The summed E-state index contributed by atoms with van der Waals surface area (Å²) in [5, 5.41) is 3.63. The summed E-state index contributed by atoms with van der Waals surface area (Å²) in [5.41, 5.74) is -0.0244. The molecule has 1 saturated heterocycles. The van der Waals surface area contributed by atoms with Crippen LogP contribution in [0.2, 0.25) is 5.02 Å². The Morgan fingerprint density at radius 2 is 2.05 bits per heavy atom. The van der Waals surface area contributed by atoms with Crippen LogP contribution in [0.15, 0.2) is 18.2 Å². The first kappa shape index (κ1) is 16.4. The molecule has 1 unspecified atom stereocenters. The van der Waals surface area contributed by atoms with Gasteiger partial charge in [0.05, 0.1) is 16.3 Å². The molecular formula is C15H20ClF3N2. The number of halogens is 4. The van der Waals surface area contributed by atoms with Crippen molar-refractivity contribution in [2.45, 2.75) is 32.5 Å². The van der Waals surface area contributed by atoms with Gasteiger partial charge >= 0.3 is 6.18 Å². The Morgan fingerprint density at radius 3 is 2.62 bits per heavy atom. The van der Waals surface area contributed by atoms with Gasteiger partial charge in [0.2, 0.25) is 0 Å². The molecule has 1 fully saturated rings. The average Bonchev–Trinajstić information content (AvgIpc) is 2.63. The van der Waals surface area contributed by atoms with Crippen molar-refractivity contribution in [2.24, 2.45) is 5.92 Å². The molecule has 1 aromatic carbocycles. The van der Waals surface area contributed by atoms with E-state index in [0.717, 1.165) is 38.2 Å². The topological polar surface area (TPSA) is 15.3 Å². The van der Waals surface area contributed by atoms with E-state index in [9.17, 15) is 13.2 Å². The molecule has 1 N–H and O–H groups in total. The fourth-order valence-corrected chi connectivity index (χ4v) is 2.86. The molecule has 118 valence electrons. The molecule has 0 amide bonds. The lowest BCUT2D eigenvalue weighted by Gasteiger charge is -2.29. The van der Waals surface area contributed by atoms with Crippen LogP contribution in [0.4, 0.5) is 18.9 Å². The SMILES string of the molecule is CC(C)C1CN(c2ccc(C(F)(F)F)cc2Cl)CCCN1. The molecule has 0 saturated carbocycles. The van der Waals surface area contributed by atoms with Crippen LogP contribution >= 0.6 is 11.6 Å². The van der Waals surface area contributed by atoms with Crippen molar-refractivity contribution in [1.29, 1.82) is 0 Å². The summed E-state index contributed by atoms with van der Waals surface area (Å²) in [6.07, 6.45) is -3.41. The molecule has 0 aromatic heterocycles. The lowest BCUT2D eigenvalue weighted by molar-refractivity contribution is -0.137. The number of benzene rings is 1. The summed E-state index contributed by atoms with van der Waals surface area (Å²) in [4.78, 5) is 2.08. The van der Waals surface area contributed by atoms with Crippen LogP contribution in [0.3, 0.4) is 0 Å². The van der Waals surface area contributed by atoms with E-state index >= 15 is 0 Å². The summed E-state index contributed by atoms with van der Waals surface area (Å²) in [5.74, 6) is 0.457. The first-order valence-corrected chi connectivity index (χ1v) is 7.52. The number of alkyl halides is 3. The summed E-state index contributed by atoms with van der Waals surface area (Å²) in [7, 11) is 0. The van der Waals surface area contributed by atoms with Crippen molar-refractivity contribution in [2.75, 3.05) is 24.5 Å². The fourth-order valence-electron chi connectivity index (χ4n) is 2.56. The zero-order valence-electron chi connectivity index (χ0n) is 12.2. The Labute approximate surface area is 128 Å². The minimum atomic E-state index is -4.36. The third kappa shape index (κ3) is 4.04. The first-order valence-electron chi connectivity index (χ1n) is 7.14. The molecule has 2 nitrogen and oxygen atoms in total. The molecular weight excluding hydrogens is 301 g/mol. The highest BCUT2D eigenvalue weighted by molar-refractivity contribution is 6.33. The van der Waals surface area contributed by atoms with Gasteiger partial charge < -0.3 is 10.2 Å². The summed E-state index contributed by atoms with van der Waals surface area (Å²) < 4.78 is 38.1. The molecule has 1 heterocycles. The van der Waals surface area contributed by atoms with Gasteiger partial charge in [-0.15, -0.1) is 0 Å². The van der Waals surface area contributed by atoms with Crippen LogP contribution in [-0.4, -0.2) is 25.7 Å². The van der Waals surface area contributed by atoms with Crippen molar-refractivity contribution < 1.29 is 13.2 Å². The van der Waals surface area contributed by atoms with Gasteiger partial charge in [0.1, 0.15) is 0 Å². The number of hydrogen-bond acceptors (Lipinski definition) is 2. The summed E-state index contributed by atoms with van der Waals surface area (Å²) in [6.45, 7) is 6.73. The zero-order chi connectivity index (χ0) is 15.6. The molecule has 6 heteroatoms. The van der Waals surface area contributed by atoms with Crippen LogP contribution in [0.1, 0.15) is 25.8 Å². The number of nitrogens with zero attached hydrogens (tertiary/aromatic N) is 1. The van der Waals surface area contributed by atoms with Gasteiger partial charge in [0.15, 0.2) is 0 Å². The van der Waals surface area contributed by atoms with E-state index in [2.05, 4.69) is 24.1 Å². The second-order valence-electron chi connectivity index (χ2n) is 5.77. The molecule has 0 radical (unpaired) electrons. The first-order chi connectivity index (χ1) is 9.79. The van der Waals surface area contributed by atoms with Crippen molar-refractivity contribution in [3.8, 4) is 0 Å². The number of hydrogen-bond donors (Lipinski definition) is 1. The Morgan fingerprint density at radius 1 is 1.33 bits per heavy atom. The van der Waals surface area contributed by atoms with Gasteiger partial charge in [-0.25, -0.2) is 0 Å². The molecule has 21 heavy (non-hydrogen) atoms. The largest absolute Gasteiger partial charge is 0.416 e. The molecule has 0 spiro atoms. The smallest absolute Gasteiger partial charge is 0.369 e. The number of nitrogens with one attached hydrogen (secondary N) is 1. The molecule has 1 aliphatic rings. The van der Waals surface area contributed by atoms with E-state index in [-0.39, 0.29) is 5.02 Å². The van der Waals surface area contributed by atoms with E-state index in [0.29, 0.717) is 17.6 Å². The van der Waals surface area contributed by atoms with Gasteiger partial charge in [0.25, 0.3) is 0 Å². The van der Waals surface area contributed by atoms with Crippen molar-refractivity contribution in [3.63, 3.8) is 0 Å². The summed E-state index contributed by atoms with van der Waals surface area (Å²) >= 11 is 6.09. The van der Waals surface area contributed by atoms with Crippen molar-refractivity contribution in [1.82, 2.24) is 5.32 Å². The van der Waals surface area contributed by atoms with Gasteiger partial charge in [-0.3, -0.25) is 0 Å². The Balaban J connectivity index is 2.24. The van der Waals surface area contributed by atoms with Crippen molar-refractivity contribution in [3.05, 3.63) is 28.8 Å². The Hall–Kier alpha value is -0.940. The minimum Gasteiger partial charge on any atom is -0.369 e.